The van der Waals surface area contributed by atoms with E-state index in [1.165, 1.54) is 6.07 Å². The predicted octanol–water partition coefficient (Wildman–Crippen LogP) is 3.59. The van der Waals surface area contributed by atoms with E-state index in [1.807, 2.05) is 55.5 Å². The number of nitrogens with one attached hydrogen (secondary N) is 1. The average Bonchev–Trinajstić information content (AvgIpc) is 2.80. The molecule has 0 atom stereocenters. The summed E-state index contributed by atoms with van der Waals surface area (Å²) in [6.07, 6.45) is 0. The van der Waals surface area contributed by atoms with Crippen LogP contribution >= 0.6 is 0 Å². The van der Waals surface area contributed by atoms with E-state index in [-0.39, 0.29) is 37.8 Å². The molecule has 31 heavy (non-hydrogen) atoms. The molecule has 0 aromatic heterocycles. The first-order valence-corrected chi connectivity index (χ1v) is 10.0. The van der Waals surface area contributed by atoms with Crippen molar-refractivity contribution in [2.75, 3.05) is 13.2 Å². The summed E-state index contributed by atoms with van der Waals surface area (Å²) in [5.41, 5.74) is 4.76. The van der Waals surface area contributed by atoms with Crippen LogP contribution in [-0.2, 0) is 13.2 Å². The highest BCUT2D eigenvalue weighted by Gasteiger charge is 2.17. The predicted molar refractivity (Wildman–Crippen MR) is 119 cm³/mol. The molecule has 0 spiro atoms. The minimum absolute atomic E-state index is 0.124. The number of nitro benzene ring substituents is 1. The zero-order valence-electron chi connectivity index (χ0n) is 17.3. The van der Waals surface area contributed by atoms with Gasteiger partial charge in [-0.1, -0.05) is 54.6 Å². The minimum atomic E-state index is -0.477. The molecular weight excluding hydrogens is 396 g/mol. The van der Waals surface area contributed by atoms with Gasteiger partial charge in [-0.2, -0.15) is 0 Å². The molecule has 0 aliphatic rings. The molecule has 7 heteroatoms. The van der Waals surface area contributed by atoms with Crippen molar-refractivity contribution >= 4 is 5.69 Å². The third-order valence-corrected chi connectivity index (χ3v) is 5.17. The summed E-state index contributed by atoms with van der Waals surface area (Å²) in [6.45, 7) is 2.07. The van der Waals surface area contributed by atoms with Gasteiger partial charge in [-0.05, 0) is 40.8 Å². The first-order chi connectivity index (χ1) is 15.0. The summed E-state index contributed by atoms with van der Waals surface area (Å²) in [7, 11) is 0. The topological polar surface area (TPSA) is 105 Å². The van der Waals surface area contributed by atoms with Crippen molar-refractivity contribution in [3.63, 3.8) is 0 Å². The van der Waals surface area contributed by atoms with Gasteiger partial charge in [0.15, 0.2) is 5.75 Å². The first-order valence-electron chi connectivity index (χ1n) is 10.0. The van der Waals surface area contributed by atoms with Crippen LogP contribution in [0.3, 0.4) is 0 Å². The van der Waals surface area contributed by atoms with Gasteiger partial charge >= 0.3 is 5.69 Å². The number of nitrogens with zero attached hydrogens (tertiary/aromatic N) is 1. The van der Waals surface area contributed by atoms with Crippen molar-refractivity contribution in [1.29, 1.82) is 0 Å². The number of hydrogen-bond donors (Lipinski definition) is 3. The van der Waals surface area contributed by atoms with Crippen molar-refractivity contribution in [3.05, 3.63) is 93.5 Å². The normalized spacial score (nSPS) is 11.0. The lowest BCUT2D eigenvalue weighted by Gasteiger charge is -2.15. The standard InChI is InChI=1S/C24H26N2O5/c1-17-20(8-5-9-22(17)19-6-3-2-4-7-19)16-31-24-11-10-18(12-23(24)26(29)30)13-25-21(14-27)15-28/h2-12,21,25,27-28H,13-16H2,1H3. The fourth-order valence-corrected chi connectivity index (χ4v) is 3.31. The van der Waals surface area contributed by atoms with Crippen molar-refractivity contribution in [2.45, 2.75) is 26.1 Å². The van der Waals surface area contributed by atoms with Crippen LogP contribution in [0.2, 0.25) is 0 Å². The van der Waals surface area contributed by atoms with Gasteiger partial charge < -0.3 is 20.3 Å². The van der Waals surface area contributed by atoms with Gasteiger partial charge in [0.1, 0.15) is 6.61 Å². The van der Waals surface area contributed by atoms with E-state index in [0.717, 1.165) is 22.3 Å². The quantitative estimate of drug-likeness (QED) is 0.341. The SMILES string of the molecule is Cc1c(COc2ccc(CNC(CO)CO)cc2[N+](=O)[O-])cccc1-c1ccccc1. The largest absolute Gasteiger partial charge is 0.482 e. The summed E-state index contributed by atoms with van der Waals surface area (Å²) < 4.78 is 5.84. The Morgan fingerprint density at radius 2 is 1.77 bits per heavy atom. The molecule has 3 rings (SSSR count). The van der Waals surface area contributed by atoms with Crippen LogP contribution in [0.1, 0.15) is 16.7 Å². The molecule has 0 saturated heterocycles. The summed E-state index contributed by atoms with van der Waals surface area (Å²) in [6, 6.07) is 20.3. The second kappa shape index (κ2) is 10.7. The molecule has 7 nitrogen and oxygen atoms in total. The maximum absolute atomic E-state index is 11.6. The van der Waals surface area contributed by atoms with Gasteiger partial charge in [-0.25, -0.2) is 0 Å². The van der Waals surface area contributed by atoms with E-state index >= 15 is 0 Å². The molecule has 3 N–H and O–H groups in total. The maximum Gasteiger partial charge on any atom is 0.311 e. The van der Waals surface area contributed by atoms with Gasteiger partial charge in [0, 0.05) is 12.6 Å². The average molecular weight is 422 g/mol. The smallest absolute Gasteiger partial charge is 0.311 e. The number of nitro groups is 1. The van der Waals surface area contributed by atoms with Gasteiger partial charge in [0.2, 0.25) is 0 Å². The number of rotatable bonds is 10. The van der Waals surface area contributed by atoms with Crippen LogP contribution in [0.5, 0.6) is 5.75 Å². The van der Waals surface area contributed by atoms with Crippen LogP contribution in [0.25, 0.3) is 11.1 Å². The fourth-order valence-electron chi connectivity index (χ4n) is 3.31. The van der Waals surface area contributed by atoms with Crippen molar-refractivity contribution in [3.8, 4) is 16.9 Å². The molecule has 0 aliphatic carbocycles. The van der Waals surface area contributed by atoms with E-state index in [9.17, 15) is 10.1 Å². The van der Waals surface area contributed by atoms with E-state index in [0.29, 0.717) is 5.56 Å². The molecule has 0 amide bonds. The number of aliphatic hydroxyl groups excluding tert-OH is 2. The highest BCUT2D eigenvalue weighted by atomic mass is 16.6. The van der Waals surface area contributed by atoms with Crippen LogP contribution < -0.4 is 10.1 Å². The Hall–Kier alpha value is -3.26. The lowest BCUT2D eigenvalue weighted by atomic mass is 9.97. The zero-order valence-corrected chi connectivity index (χ0v) is 17.3. The monoisotopic (exact) mass is 422 g/mol. The number of aliphatic hydroxyl groups is 2. The Balaban J connectivity index is 1.76. The highest BCUT2D eigenvalue weighted by Crippen LogP contribution is 2.30. The maximum atomic E-state index is 11.6. The molecule has 162 valence electrons. The molecule has 0 saturated carbocycles. The van der Waals surface area contributed by atoms with Gasteiger partial charge in [-0.15, -0.1) is 0 Å². The molecule has 0 aliphatic heterocycles. The van der Waals surface area contributed by atoms with Gasteiger partial charge in [0.05, 0.1) is 24.2 Å². The van der Waals surface area contributed by atoms with Crippen molar-refractivity contribution in [1.82, 2.24) is 5.32 Å². The Labute approximate surface area is 181 Å². The third-order valence-electron chi connectivity index (χ3n) is 5.17. The van der Waals surface area contributed by atoms with Crippen LogP contribution in [0.15, 0.2) is 66.7 Å². The minimum Gasteiger partial charge on any atom is -0.482 e. The lowest BCUT2D eigenvalue weighted by Crippen LogP contribution is -2.35. The Morgan fingerprint density at radius 3 is 2.45 bits per heavy atom. The Kier molecular flexibility index (Phi) is 7.72. The van der Waals surface area contributed by atoms with E-state index in [1.54, 1.807) is 12.1 Å². The first kappa shape index (κ1) is 22.4. The lowest BCUT2D eigenvalue weighted by molar-refractivity contribution is -0.386. The van der Waals surface area contributed by atoms with Crippen molar-refractivity contribution in [2.24, 2.45) is 0 Å². The van der Waals surface area contributed by atoms with E-state index in [2.05, 4.69) is 5.32 Å². The highest BCUT2D eigenvalue weighted by molar-refractivity contribution is 5.68. The summed E-state index contributed by atoms with van der Waals surface area (Å²) in [4.78, 5) is 11.1. The Morgan fingerprint density at radius 1 is 1.03 bits per heavy atom. The van der Waals surface area contributed by atoms with Crippen molar-refractivity contribution < 1.29 is 19.9 Å². The molecule has 0 heterocycles. The third kappa shape index (κ3) is 5.67. The second-order valence-electron chi connectivity index (χ2n) is 7.25. The Bertz CT molecular complexity index is 1020. The zero-order chi connectivity index (χ0) is 22.2. The second-order valence-corrected chi connectivity index (χ2v) is 7.25. The summed E-state index contributed by atoms with van der Waals surface area (Å²) in [5.74, 6) is 0.194. The summed E-state index contributed by atoms with van der Waals surface area (Å²) in [5, 5.41) is 32.8. The number of ether oxygens (including phenoxy) is 1. The summed E-state index contributed by atoms with van der Waals surface area (Å²) >= 11 is 0. The molecule has 3 aromatic rings. The number of benzene rings is 3. The van der Waals surface area contributed by atoms with Crippen LogP contribution in [0.4, 0.5) is 5.69 Å². The molecule has 0 bridgehead atoms. The molecule has 0 unspecified atom stereocenters. The molecule has 0 fully saturated rings. The van der Waals surface area contributed by atoms with Crippen LogP contribution in [-0.4, -0.2) is 34.4 Å². The van der Waals surface area contributed by atoms with E-state index in [4.69, 9.17) is 14.9 Å². The van der Waals surface area contributed by atoms with E-state index < -0.39 is 11.0 Å². The molecule has 0 radical (unpaired) electrons. The van der Waals surface area contributed by atoms with Crippen LogP contribution in [0, 0.1) is 17.0 Å². The number of hydrogen-bond acceptors (Lipinski definition) is 6. The fraction of sp³-hybridized carbons (Fsp3) is 0.250. The molecular formula is C24H26N2O5. The van der Waals surface area contributed by atoms with Gasteiger partial charge in [0.25, 0.3) is 0 Å². The molecule has 3 aromatic carbocycles. The van der Waals surface area contributed by atoms with Gasteiger partial charge in [-0.3, -0.25) is 10.1 Å².